The van der Waals surface area contributed by atoms with Gasteiger partial charge >= 0.3 is 5.82 Å². The van der Waals surface area contributed by atoms with Crippen LogP contribution in [0.4, 0.5) is 5.82 Å². The first-order chi connectivity index (χ1) is 8.25. The number of aromatic nitrogens is 2. The molecule has 2 rings (SSSR count). The lowest BCUT2D eigenvalue weighted by Gasteiger charge is -2.09. The van der Waals surface area contributed by atoms with Gasteiger partial charge in [0.05, 0.1) is 19.3 Å². The van der Waals surface area contributed by atoms with E-state index in [1.807, 2.05) is 0 Å². The van der Waals surface area contributed by atoms with Crippen molar-refractivity contribution in [3.05, 3.63) is 22.6 Å². The van der Waals surface area contributed by atoms with Crippen LogP contribution in [0.15, 0.2) is 12.5 Å². The maximum atomic E-state index is 10.4. The summed E-state index contributed by atoms with van der Waals surface area (Å²) in [5.74, 6) is -0.135. The van der Waals surface area contributed by atoms with E-state index in [1.165, 1.54) is 12.5 Å². The van der Waals surface area contributed by atoms with Gasteiger partial charge in [0.25, 0.3) is 0 Å². The van der Waals surface area contributed by atoms with Crippen LogP contribution in [-0.4, -0.2) is 40.4 Å². The summed E-state index contributed by atoms with van der Waals surface area (Å²) in [6, 6.07) is 0. The van der Waals surface area contributed by atoms with E-state index in [9.17, 15) is 10.1 Å². The van der Waals surface area contributed by atoms with Crippen LogP contribution in [0.2, 0.25) is 0 Å². The fourth-order valence-electron chi connectivity index (χ4n) is 1.73. The second kappa shape index (κ2) is 5.74. The first kappa shape index (κ1) is 12.0. The molecule has 0 aliphatic carbocycles. The molecule has 7 nitrogen and oxygen atoms in total. The van der Waals surface area contributed by atoms with Crippen molar-refractivity contribution in [3.63, 3.8) is 0 Å². The van der Waals surface area contributed by atoms with Crippen LogP contribution in [0.1, 0.15) is 12.8 Å². The van der Waals surface area contributed by atoms with Crippen molar-refractivity contribution in [2.75, 3.05) is 19.8 Å². The van der Waals surface area contributed by atoms with E-state index < -0.39 is 4.92 Å². The van der Waals surface area contributed by atoms with Gasteiger partial charge in [-0.05, 0) is 22.7 Å². The Kier molecular flexibility index (Phi) is 4.05. The average Bonchev–Trinajstić information content (AvgIpc) is 2.96. The van der Waals surface area contributed by atoms with Gasteiger partial charge in [0.2, 0.25) is 6.33 Å². The predicted molar refractivity (Wildman–Crippen MR) is 58.7 cm³/mol. The molecule has 94 valence electrons. The smallest absolute Gasteiger partial charge is 0.377 e. The zero-order chi connectivity index (χ0) is 12.1. The Hall–Kier alpha value is -1.47. The number of rotatable bonds is 6. The quantitative estimate of drug-likeness (QED) is 0.421. The van der Waals surface area contributed by atoms with Crippen molar-refractivity contribution in [3.8, 4) is 0 Å². The minimum absolute atomic E-state index is 0.135. The number of imidazole rings is 1. The summed E-state index contributed by atoms with van der Waals surface area (Å²) < 4.78 is 12.5. The Morgan fingerprint density at radius 3 is 3.24 bits per heavy atom. The summed E-state index contributed by atoms with van der Waals surface area (Å²) in [6.07, 6.45) is 5.20. The van der Waals surface area contributed by atoms with Crippen LogP contribution in [-0.2, 0) is 16.0 Å². The highest BCUT2D eigenvalue weighted by molar-refractivity contribution is 5.12. The molecule has 0 saturated carbocycles. The van der Waals surface area contributed by atoms with Gasteiger partial charge < -0.3 is 24.2 Å². The van der Waals surface area contributed by atoms with Crippen LogP contribution in [0.25, 0.3) is 0 Å². The minimum Gasteiger partial charge on any atom is -0.377 e. The zero-order valence-corrected chi connectivity index (χ0v) is 9.45. The maximum Gasteiger partial charge on any atom is 0.381 e. The normalized spacial score (nSPS) is 19.6. The number of nitrogens with zero attached hydrogens (tertiary/aromatic N) is 3. The van der Waals surface area contributed by atoms with E-state index in [4.69, 9.17) is 9.47 Å². The molecule has 1 aliphatic heterocycles. The summed E-state index contributed by atoms with van der Waals surface area (Å²) in [5.41, 5.74) is 0. The second-order valence-corrected chi connectivity index (χ2v) is 3.94. The predicted octanol–water partition coefficient (Wildman–Crippen LogP) is 0.987. The summed E-state index contributed by atoms with van der Waals surface area (Å²) >= 11 is 0. The maximum absolute atomic E-state index is 10.4. The molecular weight excluding hydrogens is 226 g/mol. The molecule has 2 heterocycles. The summed E-state index contributed by atoms with van der Waals surface area (Å²) in [5, 5.41) is 10.4. The molecule has 1 unspecified atom stereocenters. The average molecular weight is 241 g/mol. The highest BCUT2D eigenvalue weighted by atomic mass is 16.6. The van der Waals surface area contributed by atoms with E-state index in [0.29, 0.717) is 19.8 Å². The van der Waals surface area contributed by atoms with E-state index >= 15 is 0 Å². The Labute approximate surface area is 98.5 Å². The number of hydrogen-bond donors (Lipinski definition) is 0. The summed E-state index contributed by atoms with van der Waals surface area (Å²) in [6.45, 7) is 2.49. The molecule has 7 heteroatoms. The Bertz CT molecular complexity index is 373. The fourth-order valence-corrected chi connectivity index (χ4v) is 1.73. The molecular formula is C10H15N3O4. The van der Waals surface area contributed by atoms with Gasteiger partial charge in [-0.25, -0.2) is 0 Å². The van der Waals surface area contributed by atoms with Crippen LogP contribution in [0, 0.1) is 10.1 Å². The summed E-state index contributed by atoms with van der Waals surface area (Å²) in [7, 11) is 0. The van der Waals surface area contributed by atoms with Gasteiger partial charge in [-0.1, -0.05) is 0 Å². The minimum atomic E-state index is -0.510. The molecule has 1 atom stereocenters. The molecule has 1 aliphatic rings. The van der Waals surface area contributed by atoms with E-state index in [-0.39, 0.29) is 11.9 Å². The van der Waals surface area contributed by atoms with Crippen molar-refractivity contribution >= 4 is 5.82 Å². The van der Waals surface area contributed by atoms with Gasteiger partial charge in [-0.2, -0.15) is 0 Å². The molecule has 1 aromatic heterocycles. The monoisotopic (exact) mass is 241 g/mol. The number of hydrogen-bond acceptors (Lipinski definition) is 5. The zero-order valence-electron chi connectivity index (χ0n) is 9.45. The standard InChI is InChI=1S/C10H15N3O4/c14-13(15)10-6-12(8-11-10)3-5-16-7-9-2-1-4-17-9/h6,8-9H,1-5,7H2. The van der Waals surface area contributed by atoms with Crippen LogP contribution in [0.3, 0.4) is 0 Å². The van der Waals surface area contributed by atoms with Gasteiger partial charge in [0, 0.05) is 13.2 Å². The van der Waals surface area contributed by atoms with Gasteiger partial charge in [0.15, 0.2) is 0 Å². The highest BCUT2D eigenvalue weighted by Crippen LogP contribution is 2.12. The summed E-state index contributed by atoms with van der Waals surface area (Å²) in [4.78, 5) is 13.5. The third kappa shape index (κ3) is 3.50. The first-order valence-corrected chi connectivity index (χ1v) is 5.61. The SMILES string of the molecule is O=[N+]([O-])c1cn(CCOCC2CCCO2)cn1. The molecule has 0 bridgehead atoms. The van der Waals surface area contributed by atoms with E-state index in [2.05, 4.69) is 4.98 Å². The molecule has 1 aromatic rings. The highest BCUT2D eigenvalue weighted by Gasteiger charge is 2.15. The second-order valence-electron chi connectivity index (χ2n) is 3.94. The number of nitro groups is 1. The Balaban J connectivity index is 1.65. The largest absolute Gasteiger partial charge is 0.381 e. The van der Waals surface area contributed by atoms with Crippen molar-refractivity contribution in [1.82, 2.24) is 9.55 Å². The molecule has 1 fully saturated rings. The van der Waals surface area contributed by atoms with Crippen LogP contribution >= 0.6 is 0 Å². The van der Waals surface area contributed by atoms with Crippen molar-refractivity contribution in [2.45, 2.75) is 25.5 Å². The van der Waals surface area contributed by atoms with Crippen molar-refractivity contribution in [2.24, 2.45) is 0 Å². The molecule has 17 heavy (non-hydrogen) atoms. The molecule has 0 amide bonds. The van der Waals surface area contributed by atoms with Crippen LogP contribution in [0.5, 0.6) is 0 Å². The van der Waals surface area contributed by atoms with Crippen LogP contribution < -0.4 is 0 Å². The lowest BCUT2D eigenvalue weighted by molar-refractivity contribution is -0.389. The topological polar surface area (TPSA) is 79.4 Å². The van der Waals surface area contributed by atoms with Crippen molar-refractivity contribution < 1.29 is 14.4 Å². The third-order valence-electron chi connectivity index (χ3n) is 2.63. The number of ether oxygens (including phenoxy) is 2. The van der Waals surface area contributed by atoms with E-state index in [0.717, 1.165) is 19.4 Å². The van der Waals surface area contributed by atoms with E-state index in [1.54, 1.807) is 4.57 Å². The first-order valence-electron chi connectivity index (χ1n) is 5.61. The molecule has 0 aromatic carbocycles. The molecule has 1 saturated heterocycles. The lowest BCUT2D eigenvalue weighted by atomic mass is 10.2. The Morgan fingerprint density at radius 2 is 2.59 bits per heavy atom. The van der Waals surface area contributed by atoms with Gasteiger partial charge in [-0.15, -0.1) is 0 Å². The van der Waals surface area contributed by atoms with Gasteiger partial charge in [-0.3, -0.25) is 0 Å². The lowest BCUT2D eigenvalue weighted by Crippen LogP contribution is -2.16. The molecule has 0 N–H and O–H groups in total. The molecule has 0 spiro atoms. The Morgan fingerprint density at radius 1 is 1.71 bits per heavy atom. The molecule has 0 radical (unpaired) electrons. The van der Waals surface area contributed by atoms with Crippen molar-refractivity contribution in [1.29, 1.82) is 0 Å². The third-order valence-corrected chi connectivity index (χ3v) is 2.63. The van der Waals surface area contributed by atoms with Gasteiger partial charge in [0.1, 0.15) is 6.20 Å². The fraction of sp³-hybridized carbons (Fsp3) is 0.700.